The van der Waals surface area contributed by atoms with E-state index in [0.717, 1.165) is 0 Å². The molecule has 1 heterocycles. The van der Waals surface area contributed by atoms with E-state index in [1.807, 2.05) is 6.07 Å². The first-order chi connectivity index (χ1) is 7.32. The van der Waals surface area contributed by atoms with Gasteiger partial charge in [-0.25, -0.2) is 8.42 Å². The molecule has 1 N–H and O–H groups in total. The van der Waals surface area contributed by atoms with Crippen LogP contribution in [0.3, 0.4) is 0 Å². The van der Waals surface area contributed by atoms with Gasteiger partial charge in [0.05, 0.1) is 23.5 Å². The van der Waals surface area contributed by atoms with E-state index in [1.54, 1.807) is 13.8 Å². The van der Waals surface area contributed by atoms with Crippen LogP contribution in [0.2, 0.25) is 0 Å². The summed E-state index contributed by atoms with van der Waals surface area (Å²) in [5.41, 5.74) is -0.899. The normalized spacial score (nSPS) is 26.7. The molecule has 0 bridgehead atoms. The van der Waals surface area contributed by atoms with Crippen molar-refractivity contribution in [3.63, 3.8) is 0 Å². The van der Waals surface area contributed by atoms with Crippen LogP contribution in [0, 0.1) is 17.2 Å². The maximum Gasteiger partial charge on any atom is 0.225 e. The van der Waals surface area contributed by atoms with Crippen LogP contribution < -0.4 is 5.32 Å². The SMILES string of the molecule is CCC(C)(C#N)NC(=O)C1CCS(=O)(=O)C1. The Morgan fingerprint density at radius 2 is 2.25 bits per heavy atom. The number of nitrogens with one attached hydrogen (secondary N) is 1. The van der Waals surface area contributed by atoms with Crippen molar-refractivity contribution in [2.75, 3.05) is 11.5 Å². The Kier molecular flexibility index (Phi) is 3.58. The zero-order chi connectivity index (χ0) is 12.4. The molecule has 0 aromatic rings. The highest BCUT2D eigenvalue weighted by molar-refractivity contribution is 7.91. The van der Waals surface area contributed by atoms with Gasteiger partial charge < -0.3 is 5.32 Å². The molecule has 5 nitrogen and oxygen atoms in total. The number of nitriles is 1. The molecule has 6 heteroatoms. The molecule has 0 radical (unpaired) electrons. The lowest BCUT2D eigenvalue weighted by Crippen LogP contribution is -2.47. The molecule has 0 aliphatic carbocycles. The molecule has 0 aromatic heterocycles. The molecule has 0 aromatic carbocycles. The molecule has 1 rings (SSSR count). The molecule has 2 atom stereocenters. The molecule has 1 amide bonds. The maximum absolute atomic E-state index is 11.7. The van der Waals surface area contributed by atoms with Gasteiger partial charge >= 0.3 is 0 Å². The molecule has 1 aliphatic rings. The third-order valence-corrected chi connectivity index (χ3v) is 4.72. The summed E-state index contributed by atoms with van der Waals surface area (Å²) in [6.07, 6.45) is 0.855. The summed E-state index contributed by atoms with van der Waals surface area (Å²) in [5, 5.41) is 11.5. The Hall–Kier alpha value is -1.09. The highest BCUT2D eigenvalue weighted by atomic mass is 32.2. The second kappa shape index (κ2) is 4.42. The van der Waals surface area contributed by atoms with Gasteiger partial charge in [0.1, 0.15) is 5.54 Å². The van der Waals surface area contributed by atoms with Crippen LogP contribution in [0.4, 0.5) is 0 Å². The second-order valence-electron chi connectivity index (χ2n) is 4.39. The zero-order valence-electron chi connectivity index (χ0n) is 9.49. The van der Waals surface area contributed by atoms with Crippen molar-refractivity contribution in [2.24, 2.45) is 5.92 Å². The van der Waals surface area contributed by atoms with E-state index in [9.17, 15) is 13.2 Å². The first-order valence-electron chi connectivity index (χ1n) is 5.25. The summed E-state index contributed by atoms with van der Waals surface area (Å²) >= 11 is 0. The van der Waals surface area contributed by atoms with E-state index < -0.39 is 21.3 Å². The van der Waals surface area contributed by atoms with Crippen molar-refractivity contribution < 1.29 is 13.2 Å². The zero-order valence-corrected chi connectivity index (χ0v) is 10.3. The molecule has 2 unspecified atom stereocenters. The highest BCUT2D eigenvalue weighted by Crippen LogP contribution is 2.20. The predicted molar refractivity (Wildman–Crippen MR) is 59.2 cm³/mol. The quantitative estimate of drug-likeness (QED) is 0.769. The standard InChI is InChI=1S/C10H16N2O3S/c1-3-10(2,7-11)12-9(13)8-4-5-16(14,15)6-8/h8H,3-6H2,1-2H3,(H,12,13). The number of carbonyl (C=O) groups is 1. The topological polar surface area (TPSA) is 87.0 Å². The largest absolute Gasteiger partial charge is 0.338 e. The van der Waals surface area contributed by atoms with E-state index in [4.69, 9.17) is 5.26 Å². The molecular weight excluding hydrogens is 228 g/mol. The van der Waals surface area contributed by atoms with Crippen molar-refractivity contribution in [1.82, 2.24) is 5.32 Å². The van der Waals surface area contributed by atoms with Crippen LogP contribution in [0.1, 0.15) is 26.7 Å². The summed E-state index contributed by atoms with van der Waals surface area (Å²) in [4.78, 5) is 11.7. The summed E-state index contributed by atoms with van der Waals surface area (Å²) < 4.78 is 22.4. The molecule has 0 saturated carbocycles. The number of rotatable bonds is 3. The van der Waals surface area contributed by atoms with Gasteiger partial charge in [0.2, 0.25) is 5.91 Å². The number of hydrogen-bond donors (Lipinski definition) is 1. The fraction of sp³-hybridized carbons (Fsp3) is 0.800. The lowest BCUT2D eigenvalue weighted by molar-refractivity contribution is -0.125. The first-order valence-corrected chi connectivity index (χ1v) is 7.08. The van der Waals surface area contributed by atoms with Gasteiger partial charge in [0.15, 0.2) is 9.84 Å². The maximum atomic E-state index is 11.7. The van der Waals surface area contributed by atoms with Gasteiger partial charge in [0.25, 0.3) is 0 Å². The second-order valence-corrected chi connectivity index (χ2v) is 6.62. The van der Waals surface area contributed by atoms with Crippen LogP contribution >= 0.6 is 0 Å². The van der Waals surface area contributed by atoms with Crippen LogP contribution in [-0.4, -0.2) is 31.4 Å². The molecule has 16 heavy (non-hydrogen) atoms. The number of amides is 1. The Morgan fingerprint density at radius 1 is 1.62 bits per heavy atom. The van der Waals surface area contributed by atoms with E-state index in [2.05, 4.69) is 5.32 Å². The molecule has 90 valence electrons. The number of nitrogens with zero attached hydrogens (tertiary/aromatic N) is 1. The Labute approximate surface area is 95.7 Å². The summed E-state index contributed by atoms with van der Waals surface area (Å²) in [6.45, 7) is 3.43. The Morgan fingerprint density at radius 3 is 2.62 bits per heavy atom. The molecule has 0 spiro atoms. The molecule has 1 aliphatic heterocycles. The van der Waals surface area contributed by atoms with E-state index >= 15 is 0 Å². The van der Waals surface area contributed by atoms with Gasteiger partial charge in [-0.15, -0.1) is 0 Å². The summed E-state index contributed by atoms with van der Waals surface area (Å²) in [6, 6.07) is 2.02. The minimum absolute atomic E-state index is 0.0699. The van der Waals surface area contributed by atoms with E-state index in [1.165, 1.54) is 0 Å². The first kappa shape index (κ1) is 13.0. The predicted octanol–water partition coefficient (Wildman–Crippen LogP) is 0.230. The minimum atomic E-state index is -3.05. The third-order valence-electron chi connectivity index (χ3n) is 2.96. The van der Waals surface area contributed by atoms with Crippen molar-refractivity contribution in [1.29, 1.82) is 5.26 Å². The number of hydrogen-bond acceptors (Lipinski definition) is 4. The Bertz CT molecular complexity index is 424. The van der Waals surface area contributed by atoms with Gasteiger partial charge in [0, 0.05) is 0 Å². The van der Waals surface area contributed by atoms with Crippen molar-refractivity contribution in [2.45, 2.75) is 32.2 Å². The van der Waals surface area contributed by atoms with Gasteiger partial charge in [-0.1, -0.05) is 6.92 Å². The van der Waals surface area contributed by atoms with Crippen LogP contribution in [0.15, 0.2) is 0 Å². The summed E-state index contributed by atoms with van der Waals surface area (Å²) in [5.74, 6) is -0.846. The lowest BCUT2D eigenvalue weighted by Gasteiger charge is -2.22. The molecule has 1 fully saturated rings. The van der Waals surface area contributed by atoms with Crippen molar-refractivity contribution in [3.05, 3.63) is 0 Å². The monoisotopic (exact) mass is 244 g/mol. The van der Waals surface area contributed by atoms with Crippen LogP contribution in [0.5, 0.6) is 0 Å². The average Bonchev–Trinajstić information content (AvgIpc) is 2.58. The molecular formula is C10H16N2O3S. The van der Waals surface area contributed by atoms with Crippen molar-refractivity contribution >= 4 is 15.7 Å². The smallest absolute Gasteiger partial charge is 0.225 e. The minimum Gasteiger partial charge on any atom is -0.338 e. The third kappa shape index (κ3) is 2.95. The lowest BCUT2D eigenvalue weighted by atomic mass is 9.99. The fourth-order valence-electron chi connectivity index (χ4n) is 1.57. The molecule has 1 saturated heterocycles. The fourth-order valence-corrected chi connectivity index (χ4v) is 3.31. The van der Waals surface area contributed by atoms with E-state index in [-0.39, 0.29) is 17.4 Å². The van der Waals surface area contributed by atoms with Gasteiger partial charge in [-0.2, -0.15) is 5.26 Å². The van der Waals surface area contributed by atoms with Gasteiger partial charge in [-0.3, -0.25) is 4.79 Å². The van der Waals surface area contributed by atoms with Gasteiger partial charge in [-0.05, 0) is 19.8 Å². The van der Waals surface area contributed by atoms with Crippen LogP contribution in [-0.2, 0) is 14.6 Å². The summed E-state index contributed by atoms with van der Waals surface area (Å²) in [7, 11) is -3.05. The highest BCUT2D eigenvalue weighted by Gasteiger charge is 2.35. The number of carbonyl (C=O) groups excluding carboxylic acids is 1. The van der Waals surface area contributed by atoms with Crippen molar-refractivity contribution in [3.8, 4) is 6.07 Å². The van der Waals surface area contributed by atoms with E-state index in [0.29, 0.717) is 12.8 Å². The Balaban J connectivity index is 2.65. The van der Waals surface area contributed by atoms with Crippen LogP contribution in [0.25, 0.3) is 0 Å². The number of sulfone groups is 1. The average molecular weight is 244 g/mol.